The van der Waals surface area contributed by atoms with Crippen molar-refractivity contribution in [3.63, 3.8) is 0 Å². The normalized spacial score (nSPS) is 19.9. The van der Waals surface area contributed by atoms with Crippen LogP contribution in [0.5, 0.6) is 5.75 Å². The molecule has 0 bridgehead atoms. The Morgan fingerprint density at radius 3 is 1.11 bits per heavy atom. The van der Waals surface area contributed by atoms with Crippen LogP contribution in [0.1, 0.15) is 251 Å². The third-order valence-corrected chi connectivity index (χ3v) is 28.7. The molecule has 8 heterocycles. The number of amides is 2. The number of pyridine rings is 2. The minimum absolute atomic E-state index is 0.0212. The van der Waals surface area contributed by atoms with Gasteiger partial charge in [-0.05, 0) is 313 Å². The summed E-state index contributed by atoms with van der Waals surface area (Å²) in [5.41, 5.74) is 21.5. The molecule has 8 aliphatic rings. The molecule has 4 aromatic heterocycles. The Hall–Kier alpha value is -13.2. The highest BCUT2D eigenvalue weighted by molar-refractivity contribution is 6.30. The smallest absolute Gasteiger partial charge is 0.348 e. The first-order chi connectivity index (χ1) is 67.9. The number of nitrogens with zero attached hydrogens (tertiary/aromatic N) is 6. The van der Waals surface area contributed by atoms with Crippen molar-refractivity contribution >= 4 is 104 Å². The van der Waals surface area contributed by atoms with Gasteiger partial charge in [0.25, 0.3) is 11.8 Å². The van der Waals surface area contributed by atoms with Crippen LogP contribution in [0.15, 0.2) is 172 Å². The van der Waals surface area contributed by atoms with Crippen LogP contribution in [0, 0.1) is 158 Å². The van der Waals surface area contributed by atoms with E-state index in [2.05, 4.69) is 44.5 Å². The highest BCUT2D eigenvalue weighted by Gasteiger charge is 2.46. The third-order valence-electron chi connectivity index (χ3n) is 28.3. The predicted octanol–water partition coefficient (Wildman–Crippen LogP) is 22.3. The number of Topliss-reactive ketones (excluding diaryl/α,β-unsaturated/α-hetero) is 4. The van der Waals surface area contributed by atoms with Crippen molar-refractivity contribution in [1.29, 1.82) is 0 Å². The van der Waals surface area contributed by atoms with Gasteiger partial charge in [-0.2, -0.15) is 0 Å². The number of hydrogen-bond acceptors (Lipinski definition) is 23. The maximum absolute atomic E-state index is 14.0. The van der Waals surface area contributed by atoms with Crippen molar-refractivity contribution in [3.05, 3.63) is 318 Å². The van der Waals surface area contributed by atoms with E-state index in [0.29, 0.717) is 191 Å². The number of carbonyl (C=O) groups excluding carboxylic acids is 10. The molecule has 142 heavy (non-hydrogen) atoms. The molecule has 0 N–H and O–H groups in total. The van der Waals surface area contributed by atoms with E-state index in [1.807, 2.05) is 130 Å². The van der Waals surface area contributed by atoms with Crippen LogP contribution in [-0.4, -0.2) is 149 Å². The lowest BCUT2D eigenvalue weighted by Gasteiger charge is -2.19. The minimum atomic E-state index is -0.582. The molecule has 8 unspecified atom stereocenters. The largest absolute Gasteiger partial charge is 0.497 e. The molecule has 2 amide bonds. The zero-order chi connectivity index (χ0) is 102. The number of aryl methyl sites for hydroxylation is 16. The van der Waals surface area contributed by atoms with Gasteiger partial charge in [-0.1, -0.05) is 122 Å². The fourth-order valence-electron chi connectivity index (χ4n) is 22.0. The molecule has 18 rings (SSSR count). The van der Waals surface area contributed by atoms with E-state index in [-0.39, 0.29) is 86.7 Å². The van der Waals surface area contributed by atoms with Crippen molar-refractivity contribution in [3.8, 4) is 5.75 Å². The number of hydrogen-bond donors (Lipinski definition) is 0. The van der Waals surface area contributed by atoms with E-state index in [0.717, 1.165) is 141 Å². The summed E-state index contributed by atoms with van der Waals surface area (Å²) >= 11 is 11.7. The second-order valence-corrected chi connectivity index (χ2v) is 40.1. The fourth-order valence-corrected chi connectivity index (χ4v) is 22.2. The molecule has 8 atom stereocenters. The minimum Gasteiger partial charge on any atom is -0.497 e. The molecule has 4 saturated heterocycles. The first-order valence-corrected chi connectivity index (χ1v) is 49.5. The standard InChI is InChI=1S/C31H29Cl2N3O4.C31H35N3O6.C27H30O5.C26H28O4/c1-17-10-18(2)27(19(3)11-17)28-24(40-31(39)22-5-7-26(33)35-15-22)13-23(29(28)37)12-20-8-9-36(16-20)30(38)21-4-6-25(32)34-14-21;1-15-10-16(2)25(17(3)11-15)28-24(38-31(37)27-19(5)33-40-21(27)7)13-23(29(28)35)12-22-8-9-34(14-22)30(36)26-18(4)32-39-20(26)6;1-16-11-17(2)24(18(3)12-16)25-23(28)14-21(13-19-9-10-31-15-19)26(25)32-27(29)20-5-7-22(30-4)8-6-20;1-16-11-17(2)23(18(3)12-16)24-22(27)14-21(13-19-9-10-29-15-19)25(24)30-26(28)20-7-5-4-6-8-20/h4-7,10-11,14-15,20,23H,8-9,12-13,16H2,1-3H3;10-11,22-23H,8-9,12-14H2,1-7H3;5-8,11-12,19,21H,9-10,13-15H2,1-4H3;4-8,11-12,19,21H,9-10,13-15H2,1-3H3. The topological polar surface area (TPSA) is 320 Å². The highest BCUT2D eigenvalue weighted by Crippen LogP contribution is 2.49. The summed E-state index contributed by atoms with van der Waals surface area (Å²) in [6.07, 6.45) is 10.6. The van der Waals surface area contributed by atoms with Gasteiger partial charge in [0.2, 0.25) is 0 Å². The van der Waals surface area contributed by atoms with Gasteiger partial charge >= 0.3 is 23.9 Å². The Labute approximate surface area is 838 Å². The number of allylic oxidation sites excluding steroid dienone is 8. The zero-order valence-electron chi connectivity index (χ0n) is 83.7. The van der Waals surface area contributed by atoms with E-state index in [1.165, 1.54) is 18.5 Å². The molecular weight excluding hydrogens is 1840 g/mol. The predicted molar refractivity (Wildman–Crippen MR) is 539 cm³/mol. The maximum atomic E-state index is 14.0. The van der Waals surface area contributed by atoms with E-state index in [1.54, 1.807) is 94.3 Å². The number of rotatable bonds is 23. The van der Waals surface area contributed by atoms with Crippen molar-refractivity contribution in [2.45, 2.75) is 188 Å². The second-order valence-electron chi connectivity index (χ2n) is 39.4. The van der Waals surface area contributed by atoms with Gasteiger partial charge in [-0.15, -0.1) is 0 Å². The summed E-state index contributed by atoms with van der Waals surface area (Å²) in [6.45, 7) is 36.2. The number of esters is 4. The monoisotopic (exact) mass is 1960 g/mol. The first-order valence-electron chi connectivity index (χ1n) is 48.7. The second kappa shape index (κ2) is 45.0. The van der Waals surface area contributed by atoms with Gasteiger partial charge in [-0.25, -0.2) is 29.1 Å². The number of benzene rings is 6. The molecule has 4 aliphatic carbocycles. The Balaban J connectivity index is 0.000000144. The number of ether oxygens (including phenoxy) is 7. The lowest BCUT2D eigenvalue weighted by Crippen LogP contribution is -2.30. The van der Waals surface area contributed by atoms with E-state index >= 15 is 0 Å². The fraction of sp³-hybridized carbons (Fsp3) is 0.391. The van der Waals surface area contributed by atoms with Crippen LogP contribution >= 0.6 is 23.2 Å². The van der Waals surface area contributed by atoms with Gasteiger partial charge in [-0.3, -0.25) is 28.8 Å². The van der Waals surface area contributed by atoms with Gasteiger partial charge in [0.15, 0.2) is 23.1 Å². The number of methoxy groups -OCH3 is 1. The number of aromatic nitrogens is 4. The SMILES string of the molecule is COc1ccc(C(=O)OC2=C(c3c(C)cc(C)cc3C)C(=O)CC2CC2CCOC2)cc1.Cc1cc(C)c(C2=C(OC(=O)c3c(C)noc3C)CC(CC3CCN(C(=O)c4c(C)noc4C)C3)C2=O)c(C)c1.Cc1cc(C)c(C2=C(OC(=O)c3ccc(Cl)nc3)CC(CC3CCN(C(=O)c4ccc(Cl)nc4)C3)C2=O)c(C)c1.Cc1cc(C)c(C2=C(OC(=O)c3ccccc3)C(CC3CCOC3)CC2=O)c(C)c1. The average molecular weight is 1960 g/mol. The number of ketones is 4. The highest BCUT2D eigenvalue weighted by atomic mass is 35.5. The van der Waals surface area contributed by atoms with Crippen LogP contribution in [0.4, 0.5) is 0 Å². The number of halogens is 2. The summed E-state index contributed by atoms with van der Waals surface area (Å²) in [4.78, 5) is 144. The van der Waals surface area contributed by atoms with Crippen molar-refractivity contribution in [2.24, 2.45) is 47.3 Å². The molecule has 0 radical (unpaired) electrons. The lowest BCUT2D eigenvalue weighted by molar-refractivity contribution is -0.117. The molecule has 27 heteroatoms. The van der Waals surface area contributed by atoms with E-state index < -0.39 is 23.9 Å². The quantitative estimate of drug-likeness (QED) is 0.0326. The maximum Gasteiger partial charge on any atom is 0.348 e. The van der Waals surface area contributed by atoms with E-state index in [4.69, 9.17) is 65.4 Å². The molecule has 10 aromatic rings. The van der Waals surface area contributed by atoms with Gasteiger partial charge < -0.3 is 52.0 Å². The summed E-state index contributed by atoms with van der Waals surface area (Å²) in [7, 11) is 1.58. The Morgan fingerprint density at radius 2 is 0.739 bits per heavy atom. The lowest BCUT2D eigenvalue weighted by atomic mass is 9.87. The van der Waals surface area contributed by atoms with Crippen LogP contribution in [-0.2, 0) is 47.6 Å². The molecule has 25 nitrogen and oxygen atoms in total. The van der Waals surface area contributed by atoms with Gasteiger partial charge in [0.05, 0.1) is 63.0 Å². The molecule has 6 aromatic carbocycles. The van der Waals surface area contributed by atoms with Gasteiger partial charge in [0, 0.05) is 114 Å². The van der Waals surface area contributed by atoms with Crippen molar-refractivity contribution < 1.29 is 90.1 Å². The number of carbonyl (C=O) groups is 10. The summed E-state index contributed by atoms with van der Waals surface area (Å²) < 4.78 is 50.5. The van der Waals surface area contributed by atoms with Crippen LogP contribution in [0.25, 0.3) is 22.3 Å². The number of likely N-dealkylation sites (tertiary alicyclic amines) is 2. The van der Waals surface area contributed by atoms with Crippen LogP contribution in [0.3, 0.4) is 0 Å². The van der Waals surface area contributed by atoms with Crippen molar-refractivity contribution in [1.82, 2.24) is 30.1 Å². The average Bonchev–Trinajstić information content (AvgIpc) is 1.65. The molecule has 4 fully saturated rings. The Kier molecular flexibility index (Phi) is 32.7. The molecule has 0 spiro atoms. The third kappa shape index (κ3) is 23.4. The zero-order valence-corrected chi connectivity index (χ0v) is 85.2. The first kappa shape index (κ1) is 103. The molecule has 0 saturated carbocycles. The Morgan fingerprint density at radius 1 is 0.380 bits per heavy atom. The van der Waals surface area contributed by atoms with Gasteiger partial charge in [0.1, 0.15) is 61.7 Å². The summed E-state index contributed by atoms with van der Waals surface area (Å²) in [5, 5.41) is 8.40. The molecule has 740 valence electrons. The Bertz CT molecular complexity index is 6600. The summed E-state index contributed by atoms with van der Waals surface area (Å²) in [5.74, 6) is 1.39. The van der Waals surface area contributed by atoms with E-state index in [9.17, 15) is 47.9 Å². The van der Waals surface area contributed by atoms with Crippen molar-refractivity contribution in [2.75, 3.05) is 59.7 Å². The van der Waals surface area contributed by atoms with Crippen LogP contribution < -0.4 is 4.74 Å². The molecule has 4 aliphatic heterocycles. The summed E-state index contributed by atoms with van der Waals surface area (Å²) in [6, 6.07) is 38.6. The van der Waals surface area contributed by atoms with Crippen LogP contribution in [0.2, 0.25) is 10.3 Å². The molecular formula is C115H122Cl2N6O19.